The van der Waals surface area contributed by atoms with Gasteiger partial charge in [0, 0.05) is 13.6 Å². The smallest absolute Gasteiger partial charge is 0.271 e. The summed E-state index contributed by atoms with van der Waals surface area (Å²) in [4.78, 5) is 19.4. The minimum atomic E-state index is -3.32. The Bertz CT molecular complexity index is 499. The summed E-state index contributed by atoms with van der Waals surface area (Å²) in [7, 11) is -0.313. The van der Waals surface area contributed by atoms with Crippen LogP contribution in [0, 0.1) is 0 Å². The molecule has 18 heavy (non-hydrogen) atoms. The predicted molar refractivity (Wildman–Crippen MR) is 66.8 cm³/mol. The zero-order chi connectivity index (χ0) is 13.6. The van der Waals surface area contributed by atoms with Gasteiger partial charge >= 0.3 is 0 Å². The SMILES string of the molecule is CNc1cnc(C(=O)NCCS(=O)(=O)NC)cn1. The molecule has 0 spiro atoms. The largest absolute Gasteiger partial charge is 0.372 e. The minimum Gasteiger partial charge on any atom is -0.372 e. The van der Waals surface area contributed by atoms with E-state index in [2.05, 4.69) is 25.3 Å². The van der Waals surface area contributed by atoms with Gasteiger partial charge in [-0.1, -0.05) is 0 Å². The van der Waals surface area contributed by atoms with Crippen LogP contribution in [-0.2, 0) is 10.0 Å². The van der Waals surface area contributed by atoms with Crippen LogP contribution in [0.15, 0.2) is 12.4 Å². The molecule has 0 aliphatic rings. The summed E-state index contributed by atoms with van der Waals surface area (Å²) in [5.41, 5.74) is 0.135. The average molecular weight is 273 g/mol. The number of hydrogen-bond donors (Lipinski definition) is 3. The molecule has 0 aromatic carbocycles. The van der Waals surface area contributed by atoms with Gasteiger partial charge in [0.1, 0.15) is 11.5 Å². The normalized spacial score (nSPS) is 11.0. The van der Waals surface area contributed by atoms with Gasteiger partial charge in [0.05, 0.1) is 18.1 Å². The summed E-state index contributed by atoms with van der Waals surface area (Å²) in [6.45, 7) is 0.0114. The van der Waals surface area contributed by atoms with E-state index in [1.165, 1.54) is 19.4 Å². The van der Waals surface area contributed by atoms with Crippen LogP contribution in [0.2, 0.25) is 0 Å². The van der Waals surface area contributed by atoms with Gasteiger partial charge in [-0.3, -0.25) is 4.79 Å². The third kappa shape index (κ3) is 4.26. The second-order valence-electron chi connectivity index (χ2n) is 3.32. The van der Waals surface area contributed by atoms with E-state index in [9.17, 15) is 13.2 Å². The van der Waals surface area contributed by atoms with Crippen molar-refractivity contribution in [2.45, 2.75) is 0 Å². The molecule has 3 N–H and O–H groups in total. The van der Waals surface area contributed by atoms with Crippen molar-refractivity contribution in [3.05, 3.63) is 18.1 Å². The van der Waals surface area contributed by atoms with E-state index in [1.807, 2.05) is 0 Å². The van der Waals surface area contributed by atoms with E-state index in [0.717, 1.165) is 0 Å². The van der Waals surface area contributed by atoms with Gasteiger partial charge < -0.3 is 10.6 Å². The topological polar surface area (TPSA) is 113 Å². The summed E-state index contributed by atoms with van der Waals surface area (Å²) in [6.07, 6.45) is 2.73. The monoisotopic (exact) mass is 273 g/mol. The van der Waals surface area contributed by atoms with Crippen LogP contribution < -0.4 is 15.4 Å². The summed E-state index contributed by atoms with van der Waals surface area (Å²) >= 11 is 0. The molecular formula is C9H15N5O3S. The molecule has 0 aliphatic heterocycles. The first-order chi connectivity index (χ1) is 8.48. The molecule has 1 amide bonds. The molecule has 0 fully saturated rings. The van der Waals surface area contributed by atoms with Crippen molar-refractivity contribution in [1.29, 1.82) is 0 Å². The van der Waals surface area contributed by atoms with Crippen molar-refractivity contribution in [2.75, 3.05) is 31.7 Å². The molecule has 1 rings (SSSR count). The maximum atomic E-state index is 11.6. The van der Waals surface area contributed by atoms with E-state index < -0.39 is 15.9 Å². The maximum Gasteiger partial charge on any atom is 0.271 e. The fraction of sp³-hybridized carbons (Fsp3) is 0.444. The standard InChI is InChI=1S/C9H15N5O3S/c1-10-8-6-13-7(5-14-8)9(15)12-3-4-18(16,17)11-2/h5-6,11H,3-4H2,1-2H3,(H,10,14)(H,12,15). The predicted octanol–water partition coefficient (Wildman–Crippen LogP) is -1.20. The Morgan fingerprint density at radius 1 is 1.28 bits per heavy atom. The quantitative estimate of drug-likeness (QED) is 0.600. The van der Waals surface area contributed by atoms with Crippen LogP contribution in [0.1, 0.15) is 10.5 Å². The molecule has 1 aromatic rings. The summed E-state index contributed by atoms with van der Waals surface area (Å²) in [6, 6.07) is 0. The van der Waals surface area contributed by atoms with Crippen LogP contribution in [0.4, 0.5) is 5.82 Å². The van der Waals surface area contributed by atoms with Gasteiger partial charge in [-0.15, -0.1) is 0 Å². The van der Waals surface area contributed by atoms with Crippen LogP contribution in [-0.4, -0.2) is 50.7 Å². The highest BCUT2D eigenvalue weighted by molar-refractivity contribution is 7.89. The second-order valence-corrected chi connectivity index (χ2v) is 5.36. The molecule has 0 saturated carbocycles. The van der Waals surface area contributed by atoms with Crippen molar-refractivity contribution in [3.8, 4) is 0 Å². The van der Waals surface area contributed by atoms with Gasteiger partial charge in [-0.2, -0.15) is 0 Å². The van der Waals surface area contributed by atoms with E-state index in [0.29, 0.717) is 5.82 Å². The highest BCUT2D eigenvalue weighted by atomic mass is 32.2. The van der Waals surface area contributed by atoms with Crippen molar-refractivity contribution in [1.82, 2.24) is 20.0 Å². The number of aromatic nitrogens is 2. The summed E-state index contributed by atoms with van der Waals surface area (Å²) in [5, 5.41) is 5.22. The fourth-order valence-electron chi connectivity index (χ4n) is 1.07. The number of nitrogens with one attached hydrogen (secondary N) is 3. The number of carbonyl (C=O) groups is 1. The summed E-state index contributed by atoms with van der Waals surface area (Å²) < 4.78 is 24.4. The van der Waals surface area contributed by atoms with E-state index >= 15 is 0 Å². The van der Waals surface area contributed by atoms with Crippen molar-refractivity contribution in [2.24, 2.45) is 0 Å². The van der Waals surface area contributed by atoms with Crippen LogP contribution in [0.3, 0.4) is 0 Å². The van der Waals surface area contributed by atoms with Gasteiger partial charge in [-0.05, 0) is 7.05 Å². The second kappa shape index (κ2) is 6.26. The Kier molecular flexibility index (Phi) is 4.98. The zero-order valence-corrected chi connectivity index (χ0v) is 10.9. The fourth-order valence-corrected chi connectivity index (χ4v) is 1.64. The number of amides is 1. The lowest BCUT2D eigenvalue weighted by atomic mass is 10.4. The molecule has 1 aromatic heterocycles. The van der Waals surface area contributed by atoms with Crippen LogP contribution >= 0.6 is 0 Å². The number of nitrogens with zero attached hydrogens (tertiary/aromatic N) is 2. The van der Waals surface area contributed by atoms with Crippen LogP contribution in [0.5, 0.6) is 0 Å². The van der Waals surface area contributed by atoms with E-state index in [-0.39, 0.29) is 18.0 Å². The highest BCUT2D eigenvalue weighted by Crippen LogP contribution is 1.99. The number of sulfonamides is 1. The summed E-state index contributed by atoms with van der Waals surface area (Å²) in [5.74, 6) is -0.0992. The zero-order valence-electron chi connectivity index (χ0n) is 10.1. The lowest BCUT2D eigenvalue weighted by Gasteiger charge is -2.05. The number of carbonyl (C=O) groups excluding carboxylic acids is 1. The Balaban J connectivity index is 2.50. The first-order valence-corrected chi connectivity index (χ1v) is 6.83. The van der Waals surface area contributed by atoms with Gasteiger partial charge in [0.15, 0.2) is 0 Å². The Morgan fingerprint density at radius 3 is 2.50 bits per heavy atom. The first-order valence-electron chi connectivity index (χ1n) is 5.17. The molecule has 0 bridgehead atoms. The van der Waals surface area contributed by atoms with Gasteiger partial charge in [0.2, 0.25) is 10.0 Å². The molecule has 1 heterocycles. The molecule has 9 heteroatoms. The van der Waals surface area contributed by atoms with Gasteiger partial charge in [0.25, 0.3) is 5.91 Å². The Hall–Kier alpha value is -1.74. The molecule has 0 saturated heterocycles. The molecule has 0 unspecified atom stereocenters. The van der Waals surface area contributed by atoms with Crippen molar-refractivity contribution in [3.63, 3.8) is 0 Å². The lowest BCUT2D eigenvalue weighted by Crippen LogP contribution is -2.33. The third-order valence-electron chi connectivity index (χ3n) is 2.11. The Labute approximate surface area is 105 Å². The molecule has 8 nitrogen and oxygen atoms in total. The molecule has 0 aliphatic carbocycles. The van der Waals surface area contributed by atoms with Crippen molar-refractivity contribution >= 4 is 21.7 Å². The van der Waals surface area contributed by atoms with E-state index in [1.54, 1.807) is 7.05 Å². The number of rotatable bonds is 6. The first kappa shape index (κ1) is 14.3. The molecule has 100 valence electrons. The lowest BCUT2D eigenvalue weighted by molar-refractivity contribution is 0.0951. The highest BCUT2D eigenvalue weighted by Gasteiger charge is 2.10. The van der Waals surface area contributed by atoms with Crippen molar-refractivity contribution < 1.29 is 13.2 Å². The molecular weight excluding hydrogens is 258 g/mol. The van der Waals surface area contributed by atoms with Crippen LogP contribution in [0.25, 0.3) is 0 Å². The van der Waals surface area contributed by atoms with E-state index in [4.69, 9.17) is 0 Å². The third-order valence-corrected chi connectivity index (χ3v) is 3.47. The minimum absolute atomic E-state index is 0.0114. The average Bonchev–Trinajstić information content (AvgIpc) is 2.38. The Morgan fingerprint density at radius 2 is 2.00 bits per heavy atom. The maximum absolute atomic E-state index is 11.6. The molecule has 0 atom stereocenters. The number of hydrogen-bond acceptors (Lipinski definition) is 6. The molecule has 0 radical (unpaired) electrons. The number of anilines is 1. The van der Waals surface area contributed by atoms with Gasteiger partial charge in [-0.25, -0.2) is 23.1 Å².